The topological polar surface area (TPSA) is 43.6 Å². The lowest BCUT2D eigenvalue weighted by Crippen LogP contribution is -2.04. The van der Waals surface area contributed by atoms with Gasteiger partial charge in [-0.1, -0.05) is 116 Å². The predicted octanol–water partition coefficient (Wildman–Crippen LogP) is 8.54. The van der Waals surface area contributed by atoms with Crippen LogP contribution in [0.1, 0.15) is 17.0 Å². The van der Waals surface area contributed by atoms with Crippen LogP contribution in [0.4, 0.5) is 0 Å². The van der Waals surface area contributed by atoms with Crippen LogP contribution in [0.25, 0.3) is 56.3 Å². The molecular formula is C36H26N4. The van der Waals surface area contributed by atoms with Crippen LogP contribution in [0.3, 0.4) is 0 Å². The third-order valence-electron chi connectivity index (χ3n) is 7.23. The normalized spacial score (nSPS) is 11.2. The monoisotopic (exact) mass is 514 g/mol. The largest absolute Gasteiger partial charge is 0.309 e. The van der Waals surface area contributed by atoms with Gasteiger partial charge in [0.1, 0.15) is 5.82 Å². The molecule has 0 saturated heterocycles. The maximum absolute atomic E-state index is 4.95. The third kappa shape index (κ3) is 4.26. The van der Waals surface area contributed by atoms with Gasteiger partial charge in [0.2, 0.25) is 0 Å². The van der Waals surface area contributed by atoms with Crippen molar-refractivity contribution < 1.29 is 0 Å². The van der Waals surface area contributed by atoms with Gasteiger partial charge < -0.3 is 4.57 Å². The predicted molar refractivity (Wildman–Crippen MR) is 164 cm³/mol. The first-order valence-corrected chi connectivity index (χ1v) is 13.4. The van der Waals surface area contributed by atoms with Gasteiger partial charge in [0, 0.05) is 34.0 Å². The standard InChI is InChI=1S/C36H26N4/c1-2-26-17-12-22-32-34(26)30-20-9-10-21-31(30)40(32)29-19-11-18-28(24-29)36-38-33(23-25-13-5-3-6-14-25)37-35(39-36)27-15-7-4-8-16-27/h2-22,24H,1,23H2. The van der Waals surface area contributed by atoms with Gasteiger partial charge in [0.15, 0.2) is 11.6 Å². The number of nitrogens with zero attached hydrogens (tertiary/aromatic N) is 4. The first-order chi connectivity index (χ1) is 19.8. The molecular weight excluding hydrogens is 488 g/mol. The van der Waals surface area contributed by atoms with E-state index >= 15 is 0 Å². The number of hydrogen-bond donors (Lipinski definition) is 0. The maximum Gasteiger partial charge on any atom is 0.163 e. The van der Waals surface area contributed by atoms with Crippen LogP contribution < -0.4 is 0 Å². The van der Waals surface area contributed by atoms with Crippen LogP contribution in [0.2, 0.25) is 0 Å². The van der Waals surface area contributed by atoms with Crippen molar-refractivity contribution in [3.63, 3.8) is 0 Å². The summed E-state index contributed by atoms with van der Waals surface area (Å²) in [7, 11) is 0. The van der Waals surface area contributed by atoms with Crippen LogP contribution in [0.5, 0.6) is 0 Å². The Morgan fingerprint density at radius 3 is 2.05 bits per heavy atom. The molecule has 4 heteroatoms. The molecule has 0 spiro atoms. The lowest BCUT2D eigenvalue weighted by Gasteiger charge is -2.11. The summed E-state index contributed by atoms with van der Waals surface area (Å²) in [6.45, 7) is 4.06. The van der Waals surface area contributed by atoms with Crippen LogP contribution in [-0.2, 0) is 6.42 Å². The SMILES string of the molecule is C=Cc1cccc2c1c1ccccc1n2-c1cccc(-c2nc(Cc3ccccc3)nc(-c3ccccc3)n2)c1. The molecule has 7 rings (SSSR count). The first-order valence-electron chi connectivity index (χ1n) is 13.4. The summed E-state index contributed by atoms with van der Waals surface area (Å²) in [5.74, 6) is 2.08. The molecule has 2 heterocycles. The zero-order valence-corrected chi connectivity index (χ0v) is 21.9. The number of aromatic nitrogens is 4. The minimum absolute atomic E-state index is 0.632. The van der Waals surface area contributed by atoms with Crippen LogP contribution >= 0.6 is 0 Å². The zero-order chi connectivity index (χ0) is 26.9. The molecule has 0 bridgehead atoms. The van der Waals surface area contributed by atoms with Gasteiger partial charge in [-0.2, -0.15) is 0 Å². The van der Waals surface area contributed by atoms with Crippen LogP contribution in [0, 0.1) is 0 Å². The summed E-state index contributed by atoms with van der Waals surface area (Å²) in [5, 5.41) is 2.41. The molecule has 0 N–H and O–H groups in total. The fraction of sp³-hybridized carbons (Fsp3) is 0.0278. The minimum atomic E-state index is 0.632. The Morgan fingerprint density at radius 2 is 1.25 bits per heavy atom. The van der Waals surface area contributed by atoms with Crippen molar-refractivity contribution >= 4 is 27.9 Å². The van der Waals surface area contributed by atoms with Gasteiger partial charge in [-0.3, -0.25) is 0 Å². The van der Waals surface area contributed by atoms with Gasteiger partial charge in [-0.15, -0.1) is 0 Å². The number of rotatable bonds is 6. The number of benzene rings is 5. The molecule has 0 unspecified atom stereocenters. The molecule has 0 aliphatic carbocycles. The molecule has 0 atom stereocenters. The lowest BCUT2D eigenvalue weighted by atomic mass is 10.1. The Balaban J connectivity index is 1.41. The highest BCUT2D eigenvalue weighted by Crippen LogP contribution is 2.35. The van der Waals surface area contributed by atoms with E-state index in [1.807, 2.05) is 54.6 Å². The van der Waals surface area contributed by atoms with E-state index in [9.17, 15) is 0 Å². The molecule has 4 nitrogen and oxygen atoms in total. The van der Waals surface area contributed by atoms with E-state index in [0.29, 0.717) is 18.1 Å². The van der Waals surface area contributed by atoms with E-state index in [0.717, 1.165) is 44.8 Å². The van der Waals surface area contributed by atoms with Crippen molar-refractivity contribution in [1.29, 1.82) is 0 Å². The molecule has 7 aromatic rings. The Hall–Kier alpha value is -5.35. The molecule has 0 fully saturated rings. The molecule has 0 radical (unpaired) electrons. The van der Waals surface area contributed by atoms with Crippen molar-refractivity contribution in [1.82, 2.24) is 19.5 Å². The molecule has 0 aliphatic heterocycles. The molecule has 190 valence electrons. The van der Waals surface area contributed by atoms with E-state index in [-0.39, 0.29) is 0 Å². The fourth-order valence-corrected chi connectivity index (χ4v) is 5.40. The molecule has 5 aromatic carbocycles. The second-order valence-electron chi connectivity index (χ2n) is 9.78. The average Bonchev–Trinajstić information content (AvgIpc) is 3.36. The van der Waals surface area contributed by atoms with Crippen LogP contribution in [0.15, 0.2) is 134 Å². The van der Waals surface area contributed by atoms with Crippen molar-refractivity contribution in [2.75, 3.05) is 0 Å². The molecule has 0 amide bonds. The number of para-hydroxylation sites is 1. The summed E-state index contributed by atoms with van der Waals surface area (Å²) in [6.07, 6.45) is 2.56. The van der Waals surface area contributed by atoms with Gasteiger partial charge in [0.05, 0.1) is 11.0 Å². The highest BCUT2D eigenvalue weighted by Gasteiger charge is 2.16. The number of hydrogen-bond acceptors (Lipinski definition) is 3. The van der Waals surface area contributed by atoms with E-state index in [4.69, 9.17) is 15.0 Å². The highest BCUT2D eigenvalue weighted by molar-refractivity contribution is 6.12. The summed E-state index contributed by atoms with van der Waals surface area (Å²) in [6, 6.07) is 43.8. The maximum atomic E-state index is 4.95. The van der Waals surface area contributed by atoms with E-state index in [1.54, 1.807) is 0 Å². The zero-order valence-electron chi connectivity index (χ0n) is 21.9. The summed E-state index contributed by atoms with van der Waals surface area (Å²) in [4.78, 5) is 14.8. The summed E-state index contributed by atoms with van der Waals surface area (Å²) < 4.78 is 2.31. The summed E-state index contributed by atoms with van der Waals surface area (Å²) in [5.41, 5.74) is 7.54. The first kappa shape index (κ1) is 23.7. The van der Waals surface area contributed by atoms with Crippen molar-refractivity contribution in [3.05, 3.63) is 151 Å². The van der Waals surface area contributed by atoms with E-state index in [2.05, 4.69) is 90.0 Å². The summed E-state index contributed by atoms with van der Waals surface area (Å²) >= 11 is 0. The average molecular weight is 515 g/mol. The van der Waals surface area contributed by atoms with E-state index < -0.39 is 0 Å². The van der Waals surface area contributed by atoms with Crippen molar-refractivity contribution in [3.8, 4) is 28.5 Å². The number of fused-ring (bicyclic) bond motifs is 3. The molecule has 40 heavy (non-hydrogen) atoms. The Labute approximate surface area is 233 Å². The quantitative estimate of drug-likeness (QED) is 0.223. The van der Waals surface area contributed by atoms with Crippen molar-refractivity contribution in [2.24, 2.45) is 0 Å². The highest BCUT2D eigenvalue weighted by atomic mass is 15.0. The molecule has 0 aliphatic rings. The minimum Gasteiger partial charge on any atom is -0.309 e. The second-order valence-corrected chi connectivity index (χ2v) is 9.78. The third-order valence-corrected chi connectivity index (χ3v) is 7.23. The van der Waals surface area contributed by atoms with Crippen LogP contribution in [-0.4, -0.2) is 19.5 Å². The van der Waals surface area contributed by atoms with E-state index in [1.165, 1.54) is 10.8 Å². The van der Waals surface area contributed by atoms with Gasteiger partial charge in [-0.25, -0.2) is 15.0 Å². The smallest absolute Gasteiger partial charge is 0.163 e. The lowest BCUT2D eigenvalue weighted by molar-refractivity contribution is 0.932. The molecule has 2 aromatic heterocycles. The Kier molecular flexibility index (Phi) is 5.98. The van der Waals surface area contributed by atoms with Gasteiger partial charge in [-0.05, 0) is 35.4 Å². The van der Waals surface area contributed by atoms with Gasteiger partial charge >= 0.3 is 0 Å². The fourth-order valence-electron chi connectivity index (χ4n) is 5.40. The second kappa shape index (κ2) is 10.1. The molecule has 0 saturated carbocycles. The van der Waals surface area contributed by atoms with Gasteiger partial charge in [0.25, 0.3) is 0 Å². The van der Waals surface area contributed by atoms with Crippen molar-refractivity contribution in [2.45, 2.75) is 6.42 Å². The Morgan fingerprint density at radius 1 is 0.600 bits per heavy atom. The Bertz CT molecular complexity index is 1990.